The Kier molecular flexibility index (Phi) is 2.74. The summed E-state index contributed by atoms with van der Waals surface area (Å²) in [5, 5.41) is 0. The van der Waals surface area contributed by atoms with E-state index in [1.807, 2.05) is 0 Å². The van der Waals surface area contributed by atoms with E-state index in [0.29, 0.717) is 22.4 Å². The van der Waals surface area contributed by atoms with Crippen LogP contribution in [-0.4, -0.2) is 4.98 Å². The largest absolute Gasteiger partial charge is 0.434 e. The highest BCUT2D eigenvalue weighted by Crippen LogP contribution is 2.31. The van der Waals surface area contributed by atoms with Gasteiger partial charge in [0.2, 0.25) is 5.89 Å². The molecule has 2 N–H and O–H groups in total. The van der Waals surface area contributed by atoms with Crippen LogP contribution in [0.25, 0.3) is 22.6 Å². The Bertz CT molecular complexity index is 786. The highest BCUT2D eigenvalue weighted by molar-refractivity contribution is 9.10. The second-order valence-corrected chi connectivity index (χ2v) is 4.91. The number of anilines is 1. The lowest BCUT2D eigenvalue weighted by molar-refractivity contribution is 0.508. The fourth-order valence-corrected chi connectivity index (χ4v) is 2.24. The van der Waals surface area contributed by atoms with Gasteiger partial charge < -0.3 is 10.2 Å². The maximum absolute atomic E-state index is 13.2. The van der Waals surface area contributed by atoms with Crippen LogP contribution in [0.2, 0.25) is 0 Å². The molecular formula is C13H7BrF2N2O. The fraction of sp³-hybridized carbons (Fsp3) is 0. The van der Waals surface area contributed by atoms with Crippen LogP contribution in [0, 0.1) is 11.6 Å². The lowest BCUT2D eigenvalue weighted by atomic mass is 10.2. The number of nitrogens with zero attached hydrogens (tertiary/aromatic N) is 1. The number of nitrogen functional groups attached to an aromatic ring is 1. The molecule has 0 atom stereocenters. The Morgan fingerprint density at radius 1 is 1.11 bits per heavy atom. The lowest BCUT2D eigenvalue weighted by Gasteiger charge is -1.96. The van der Waals surface area contributed by atoms with Crippen molar-refractivity contribution in [1.82, 2.24) is 4.98 Å². The third-order valence-corrected chi connectivity index (χ3v) is 3.11. The quantitative estimate of drug-likeness (QED) is 0.685. The SMILES string of the molecule is Nc1cc(Br)cc2nc(-c3ccc(F)c(F)c3)oc12. The Morgan fingerprint density at radius 3 is 2.63 bits per heavy atom. The molecule has 96 valence electrons. The summed E-state index contributed by atoms with van der Waals surface area (Å²) in [6, 6.07) is 6.87. The highest BCUT2D eigenvalue weighted by atomic mass is 79.9. The molecule has 3 aromatic rings. The molecule has 3 rings (SSSR count). The minimum Gasteiger partial charge on any atom is -0.434 e. The van der Waals surface area contributed by atoms with Crippen LogP contribution in [0.5, 0.6) is 0 Å². The number of halogens is 3. The van der Waals surface area contributed by atoms with Crippen molar-refractivity contribution in [3.63, 3.8) is 0 Å². The van der Waals surface area contributed by atoms with Crippen LogP contribution in [0.1, 0.15) is 0 Å². The highest BCUT2D eigenvalue weighted by Gasteiger charge is 2.13. The molecule has 0 amide bonds. The van der Waals surface area contributed by atoms with Crippen LogP contribution in [0.15, 0.2) is 39.2 Å². The van der Waals surface area contributed by atoms with E-state index in [9.17, 15) is 8.78 Å². The van der Waals surface area contributed by atoms with Gasteiger partial charge in [-0.2, -0.15) is 0 Å². The van der Waals surface area contributed by atoms with E-state index in [0.717, 1.165) is 16.6 Å². The summed E-state index contributed by atoms with van der Waals surface area (Å²) in [5.74, 6) is -1.67. The molecule has 1 heterocycles. The van der Waals surface area contributed by atoms with Gasteiger partial charge in [0.05, 0.1) is 5.69 Å². The third-order valence-electron chi connectivity index (χ3n) is 2.65. The van der Waals surface area contributed by atoms with Crippen molar-refractivity contribution in [2.24, 2.45) is 0 Å². The Balaban J connectivity index is 2.20. The summed E-state index contributed by atoms with van der Waals surface area (Å²) in [6.45, 7) is 0. The average molecular weight is 325 g/mol. The molecule has 0 spiro atoms. The molecule has 6 heteroatoms. The smallest absolute Gasteiger partial charge is 0.227 e. The summed E-state index contributed by atoms with van der Waals surface area (Å²) in [5.41, 5.74) is 7.55. The molecular weight excluding hydrogens is 318 g/mol. The monoisotopic (exact) mass is 324 g/mol. The van der Waals surface area contributed by atoms with E-state index in [1.165, 1.54) is 6.07 Å². The van der Waals surface area contributed by atoms with Crippen molar-refractivity contribution in [3.05, 3.63) is 46.4 Å². The number of fused-ring (bicyclic) bond motifs is 1. The topological polar surface area (TPSA) is 52.0 Å². The van der Waals surface area contributed by atoms with Crippen molar-refractivity contribution in [2.75, 3.05) is 5.73 Å². The predicted octanol–water partition coefficient (Wildman–Crippen LogP) is 4.12. The average Bonchev–Trinajstić information content (AvgIpc) is 2.76. The number of hydrogen-bond donors (Lipinski definition) is 1. The van der Waals surface area contributed by atoms with Gasteiger partial charge in [-0.15, -0.1) is 0 Å². The molecule has 1 aromatic heterocycles. The zero-order chi connectivity index (χ0) is 13.6. The van der Waals surface area contributed by atoms with Gasteiger partial charge >= 0.3 is 0 Å². The molecule has 0 aliphatic heterocycles. The molecule has 0 radical (unpaired) electrons. The molecule has 0 fully saturated rings. The van der Waals surface area contributed by atoms with Gasteiger partial charge in [0.15, 0.2) is 17.2 Å². The van der Waals surface area contributed by atoms with Gasteiger partial charge in [0.25, 0.3) is 0 Å². The van der Waals surface area contributed by atoms with Gasteiger partial charge in [0, 0.05) is 10.0 Å². The normalized spacial score (nSPS) is 11.1. The first-order valence-corrected chi connectivity index (χ1v) is 6.15. The first-order chi connectivity index (χ1) is 9.04. The molecule has 19 heavy (non-hydrogen) atoms. The Morgan fingerprint density at radius 2 is 1.89 bits per heavy atom. The van der Waals surface area contributed by atoms with Crippen LogP contribution < -0.4 is 5.73 Å². The minimum absolute atomic E-state index is 0.193. The second-order valence-electron chi connectivity index (χ2n) is 3.99. The minimum atomic E-state index is -0.950. The van der Waals surface area contributed by atoms with E-state index in [2.05, 4.69) is 20.9 Å². The van der Waals surface area contributed by atoms with Crippen LogP contribution in [0.4, 0.5) is 14.5 Å². The number of benzene rings is 2. The van der Waals surface area contributed by atoms with E-state index < -0.39 is 11.6 Å². The third kappa shape index (κ3) is 2.08. The number of aromatic nitrogens is 1. The maximum Gasteiger partial charge on any atom is 0.227 e. The molecule has 0 saturated heterocycles. The molecule has 0 saturated carbocycles. The summed E-state index contributed by atoms with van der Waals surface area (Å²) >= 11 is 3.30. The summed E-state index contributed by atoms with van der Waals surface area (Å²) in [7, 11) is 0. The number of rotatable bonds is 1. The first-order valence-electron chi connectivity index (χ1n) is 5.35. The summed E-state index contributed by atoms with van der Waals surface area (Å²) in [6.07, 6.45) is 0. The molecule has 3 nitrogen and oxygen atoms in total. The van der Waals surface area contributed by atoms with Crippen LogP contribution in [-0.2, 0) is 0 Å². The van der Waals surface area contributed by atoms with Crippen molar-refractivity contribution < 1.29 is 13.2 Å². The van der Waals surface area contributed by atoms with Gasteiger partial charge in [-0.25, -0.2) is 13.8 Å². The zero-order valence-electron chi connectivity index (χ0n) is 9.45. The predicted molar refractivity (Wildman–Crippen MR) is 71.5 cm³/mol. The number of oxazole rings is 1. The molecule has 2 aromatic carbocycles. The summed E-state index contributed by atoms with van der Waals surface area (Å²) in [4.78, 5) is 4.21. The molecule has 0 aliphatic rings. The van der Waals surface area contributed by atoms with E-state index in [1.54, 1.807) is 12.1 Å². The molecule has 0 unspecified atom stereocenters. The standard InChI is InChI=1S/C13H7BrF2N2O/c14-7-4-10(17)12-11(5-7)18-13(19-12)6-1-2-8(15)9(16)3-6/h1-5H,17H2. The lowest BCUT2D eigenvalue weighted by Crippen LogP contribution is -1.85. The van der Waals surface area contributed by atoms with Gasteiger partial charge in [-0.3, -0.25) is 0 Å². The Labute approximate surface area is 115 Å². The van der Waals surface area contributed by atoms with Gasteiger partial charge in [-0.05, 0) is 30.3 Å². The molecule has 0 aliphatic carbocycles. The van der Waals surface area contributed by atoms with E-state index >= 15 is 0 Å². The number of nitrogens with two attached hydrogens (primary N) is 1. The van der Waals surface area contributed by atoms with Crippen molar-refractivity contribution >= 4 is 32.7 Å². The van der Waals surface area contributed by atoms with Crippen LogP contribution >= 0.6 is 15.9 Å². The van der Waals surface area contributed by atoms with Crippen molar-refractivity contribution in [1.29, 1.82) is 0 Å². The maximum atomic E-state index is 13.2. The van der Waals surface area contributed by atoms with E-state index in [4.69, 9.17) is 10.2 Å². The Hall–Kier alpha value is -1.95. The van der Waals surface area contributed by atoms with E-state index in [-0.39, 0.29) is 5.89 Å². The van der Waals surface area contributed by atoms with Crippen molar-refractivity contribution in [3.8, 4) is 11.5 Å². The summed E-state index contributed by atoms with van der Waals surface area (Å²) < 4.78 is 32.3. The molecule has 0 bridgehead atoms. The zero-order valence-corrected chi connectivity index (χ0v) is 11.0. The first kappa shape index (κ1) is 12.1. The van der Waals surface area contributed by atoms with Gasteiger partial charge in [0.1, 0.15) is 5.52 Å². The number of hydrogen-bond acceptors (Lipinski definition) is 3. The van der Waals surface area contributed by atoms with Crippen LogP contribution in [0.3, 0.4) is 0 Å². The second kappa shape index (κ2) is 4.31. The van der Waals surface area contributed by atoms with Crippen molar-refractivity contribution in [2.45, 2.75) is 0 Å². The van der Waals surface area contributed by atoms with Gasteiger partial charge in [-0.1, -0.05) is 15.9 Å². The fourth-order valence-electron chi connectivity index (χ4n) is 1.78.